The number of H-pyrrole nitrogens is 1. The lowest BCUT2D eigenvalue weighted by molar-refractivity contribution is 0.0237. The molecule has 2 aromatic rings. The summed E-state index contributed by atoms with van der Waals surface area (Å²) in [6.07, 6.45) is 7.85. The van der Waals surface area contributed by atoms with Crippen LogP contribution < -0.4 is 10.3 Å². The predicted molar refractivity (Wildman–Crippen MR) is 124 cm³/mol. The predicted octanol–water partition coefficient (Wildman–Crippen LogP) is 5.10. The molecule has 9 heteroatoms. The molecule has 0 amide bonds. The van der Waals surface area contributed by atoms with Crippen LogP contribution >= 0.6 is 47.8 Å². The maximum absolute atomic E-state index is 10.4. The van der Waals surface area contributed by atoms with Crippen LogP contribution in [-0.2, 0) is 9.47 Å². The third kappa shape index (κ3) is 11.3. The molecule has 2 aromatic heterocycles. The van der Waals surface area contributed by atoms with Crippen LogP contribution in [-0.4, -0.2) is 47.3 Å². The molecule has 6 nitrogen and oxygen atoms in total. The van der Waals surface area contributed by atoms with Crippen LogP contribution in [0.25, 0.3) is 0 Å². The summed E-state index contributed by atoms with van der Waals surface area (Å²) in [5.74, 6) is 0.686. The fraction of sp³-hybridized carbons (Fsp3) is 0.500. The van der Waals surface area contributed by atoms with Crippen molar-refractivity contribution in [3.63, 3.8) is 0 Å². The summed E-state index contributed by atoms with van der Waals surface area (Å²) in [5, 5.41) is 0. The lowest BCUT2D eigenvalue weighted by Crippen LogP contribution is -2.26. The van der Waals surface area contributed by atoms with Gasteiger partial charge in [-0.25, -0.2) is 4.98 Å². The number of hydrogen-bond donors (Lipinski definition) is 1. The van der Waals surface area contributed by atoms with Crippen molar-refractivity contribution in [3.05, 3.63) is 56.0 Å². The van der Waals surface area contributed by atoms with Crippen LogP contribution in [0.1, 0.15) is 25.7 Å². The first-order valence-electron chi connectivity index (χ1n) is 9.45. The van der Waals surface area contributed by atoms with Gasteiger partial charge in [0.1, 0.15) is 6.10 Å². The molecule has 0 spiro atoms. The highest BCUT2D eigenvalue weighted by molar-refractivity contribution is 9.10. The van der Waals surface area contributed by atoms with Crippen LogP contribution in [0.4, 0.5) is 0 Å². The zero-order chi connectivity index (χ0) is 20.9. The molecule has 0 saturated carbocycles. The lowest BCUT2D eigenvalue weighted by atomic mass is 10.2. The van der Waals surface area contributed by atoms with Gasteiger partial charge in [-0.05, 0) is 25.0 Å². The molecule has 29 heavy (non-hydrogen) atoms. The topological polar surface area (TPSA) is 73.4 Å². The minimum atomic E-state index is -0.0839. The number of nitrogens with zero attached hydrogens (tertiary/aromatic N) is 1. The summed E-state index contributed by atoms with van der Waals surface area (Å²) in [6, 6.07) is 7.01. The van der Waals surface area contributed by atoms with E-state index >= 15 is 0 Å². The minimum absolute atomic E-state index is 0.0839. The molecular formula is C20H25Br3N2O4. The molecule has 0 aromatic carbocycles. The molecule has 2 saturated heterocycles. The molecule has 0 aliphatic carbocycles. The van der Waals surface area contributed by atoms with E-state index in [2.05, 4.69) is 57.8 Å². The van der Waals surface area contributed by atoms with Crippen molar-refractivity contribution in [2.24, 2.45) is 0 Å². The Labute approximate surface area is 196 Å². The highest BCUT2D eigenvalue weighted by Gasteiger charge is 2.15. The Morgan fingerprint density at radius 1 is 0.966 bits per heavy atom. The smallest absolute Gasteiger partial charge is 0.249 e. The SMILES string of the molecule is BrC1CCOCC1.Brc1ccnc(OC2CCOCC2)c1.O=c1cc(Br)cc[nH]1. The van der Waals surface area contributed by atoms with Crippen LogP contribution in [0, 0.1) is 0 Å². The molecule has 1 N–H and O–H groups in total. The number of ether oxygens (including phenoxy) is 3. The number of hydrogen-bond acceptors (Lipinski definition) is 5. The van der Waals surface area contributed by atoms with E-state index in [0.29, 0.717) is 5.88 Å². The first-order valence-corrected chi connectivity index (χ1v) is 11.9. The highest BCUT2D eigenvalue weighted by atomic mass is 79.9. The minimum Gasteiger partial charge on any atom is -0.474 e. The van der Waals surface area contributed by atoms with E-state index in [1.54, 1.807) is 18.5 Å². The zero-order valence-electron chi connectivity index (χ0n) is 16.0. The summed E-state index contributed by atoms with van der Waals surface area (Å²) >= 11 is 10.0. The van der Waals surface area contributed by atoms with Crippen molar-refractivity contribution in [3.8, 4) is 5.88 Å². The summed E-state index contributed by atoms with van der Waals surface area (Å²) in [6.45, 7) is 3.46. The van der Waals surface area contributed by atoms with Gasteiger partial charge in [0, 0.05) is 64.4 Å². The molecule has 4 heterocycles. The second-order valence-corrected chi connectivity index (χ2v) is 9.53. The van der Waals surface area contributed by atoms with Crippen molar-refractivity contribution in [1.29, 1.82) is 0 Å². The van der Waals surface area contributed by atoms with Crippen LogP contribution in [0.15, 0.2) is 50.4 Å². The van der Waals surface area contributed by atoms with E-state index in [4.69, 9.17) is 14.2 Å². The molecule has 2 aliphatic heterocycles. The fourth-order valence-corrected chi connectivity index (χ4v) is 3.53. The summed E-state index contributed by atoms with van der Waals surface area (Å²) < 4.78 is 17.9. The van der Waals surface area contributed by atoms with Crippen LogP contribution in [0.5, 0.6) is 5.88 Å². The van der Waals surface area contributed by atoms with E-state index in [1.165, 1.54) is 18.9 Å². The molecule has 0 bridgehead atoms. The Kier molecular flexibility index (Phi) is 12.1. The lowest BCUT2D eigenvalue weighted by Gasteiger charge is -2.22. The van der Waals surface area contributed by atoms with Gasteiger partial charge in [0.2, 0.25) is 11.4 Å². The first kappa shape index (κ1) is 24.5. The second kappa shape index (κ2) is 14.3. The van der Waals surface area contributed by atoms with Gasteiger partial charge in [0.05, 0.1) is 13.2 Å². The van der Waals surface area contributed by atoms with Gasteiger partial charge >= 0.3 is 0 Å². The number of rotatable bonds is 2. The summed E-state index contributed by atoms with van der Waals surface area (Å²) in [5.41, 5.74) is -0.0839. The Hall–Kier alpha value is -0.740. The van der Waals surface area contributed by atoms with Crippen molar-refractivity contribution < 1.29 is 14.2 Å². The largest absolute Gasteiger partial charge is 0.474 e. The van der Waals surface area contributed by atoms with Gasteiger partial charge in [0.15, 0.2) is 0 Å². The molecule has 0 radical (unpaired) electrons. The van der Waals surface area contributed by atoms with Crippen LogP contribution in [0.2, 0.25) is 0 Å². The standard InChI is InChI=1S/C10H12BrNO2.C5H4BrNO.C5H9BrO/c11-8-1-4-12-10(7-8)14-9-2-5-13-6-3-9;6-4-1-2-7-5(8)3-4;6-5-1-3-7-4-2-5/h1,4,7,9H,2-3,5-6H2;1-3H,(H,7,8);5H,1-4H2. The number of pyridine rings is 2. The van der Waals surface area contributed by atoms with E-state index in [0.717, 1.165) is 53.0 Å². The number of aromatic amines is 1. The van der Waals surface area contributed by atoms with Gasteiger partial charge in [-0.2, -0.15) is 0 Å². The molecule has 2 fully saturated rings. The van der Waals surface area contributed by atoms with E-state index in [9.17, 15) is 4.79 Å². The summed E-state index contributed by atoms with van der Waals surface area (Å²) in [4.78, 5) is 17.8. The number of nitrogens with one attached hydrogen (secondary N) is 1. The first-order chi connectivity index (χ1) is 14.0. The molecule has 0 atom stereocenters. The average molecular weight is 597 g/mol. The Morgan fingerprint density at radius 2 is 1.59 bits per heavy atom. The van der Waals surface area contributed by atoms with E-state index < -0.39 is 0 Å². The molecule has 4 rings (SSSR count). The number of alkyl halides is 1. The van der Waals surface area contributed by atoms with Crippen LogP contribution in [0.3, 0.4) is 0 Å². The maximum atomic E-state index is 10.4. The molecule has 160 valence electrons. The zero-order valence-corrected chi connectivity index (χ0v) is 20.7. The molecule has 2 aliphatic rings. The monoisotopic (exact) mass is 594 g/mol. The summed E-state index contributed by atoms with van der Waals surface area (Å²) in [7, 11) is 0. The van der Waals surface area contributed by atoms with Gasteiger partial charge in [-0.1, -0.05) is 47.8 Å². The van der Waals surface area contributed by atoms with Gasteiger partial charge in [0.25, 0.3) is 0 Å². The maximum Gasteiger partial charge on any atom is 0.249 e. The Morgan fingerprint density at radius 3 is 2.07 bits per heavy atom. The highest BCUT2D eigenvalue weighted by Crippen LogP contribution is 2.19. The normalized spacial score (nSPS) is 17.3. The average Bonchev–Trinajstić information content (AvgIpc) is 2.70. The van der Waals surface area contributed by atoms with Gasteiger partial charge < -0.3 is 19.2 Å². The van der Waals surface area contributed by atoms with Crippen molar-refractivity contribution in [2.45, 2.75) is 36.6 Å². The van der Waals surface area contributed by atoms with Gasteiger partial charge in [-0.3, -0.25) is 4.79 Å². The van der Waals surface area contributed by atoms with Gasteiger partial charge in [-0.15, -0.1) is 0 Å². The van der Waals surface area contributed by atoms with E-state index in [1.807, 2.05) is 12.1 Å². The van der Waals surface area contributed by atoms with Crippen molar-refractivity contribution >= 4 is 47.8 Å². The van der Waals surface area contributed by atoms with Crippen molar-refractivity contribution in [1.82, 2.24) is 9.97 Å². The fourth-order valence-electron chi connectivity index (χ4n) is 2.50. The third-order valence-corrected chi connectivity index (χ3v) is 5.94. The second-order valence-electron chi connectivity index (χ2n) is 6.40. The quantitative estimate of drug-likeness (QED) is 0.489. The Bertz CT molecular complexity index is 763. The molecule has 0 unspecified atom stereocenters. The van der Waals surface area contributed by atoms with Crippen molar-refractivity contribution in [2.75, 3.05) is 26.4 Å². The number of aromatic nitrogens is 2. The van der Waals surface area contributed by atoms with E-state index in [-0.39, 0.29) is 11.7 Å². The Balaban J connectivity index is 0.000000170. The number of halogens is 3. The molecular weight excluding hydrogens is 572 g/mol. The third-order valence-electron chi connectivity index (χ3n) is 4.04.